The zero-order valence-corrected chi connectivity index (χ0v) is 14.8. The van der Waals surface area contributed by atoms with Gasteiger partial charge >= 0.3 is 5.97 Å². The molecule has 0 spiro atoms. The monoisotopic (exact) mass is 373 g/mol. The van der Waals surface area contributed by atoms with Crippen LogP contribution in [0.25, 0.3) is 11.3 Å². The van der Waals surface area contributed by atoms with Gasteiger partial charge in [-0.3, -0.25) is 4.79 Å². The van der Waals surface area contributed by atoms with Gasteiger partial charge in [0.2, 0.25) is 0 Å². The third-order valence-corrected chi connectivity index (χ3v) is 6.30. The number of nitrogens with zero attached hydrogens (tertiary/aromatic N) is 2. The summed E-state index contributed by atoms with van der Waals surface area (Å²) in [5, 5.41) is 16.2. The summed E-state index contributed by atoms with van der Waals surface area (Å²) in [6, 6.07) is 11.9. The normalized spacial score (nSPS) is 16.3. The maximum Gasteiger partial charge on any atom is 0.306 e. The summed E-state index contributed by atoms with van der Waals surface area (Å²) in [6.45, 7) is 0.360. The van der Waals surface area contributed by atoms with E-state index in [4.69, 9.17) is 10.5 Å². The number of benzene rings is 1. The second-order valence-corrected chi connectivity index (χ2v) is 8.03. The van der Waals surface area contributed by atoms with E-state index < -0.39 is 21.9 Å². The molecule has 2 N–H and O–H groups in total. The summed E-state index contributed by atoms with van der Waals surface area (Å²) >= 11 is 0. The van der Waals surface area contributed by atoms with Crippen molar-refractivity contribution in [2.24, 2.45) is 5.92 Å². The van der Waals surface area contributed by atoms with Gasteiger partial charge in [-0.05, 0) is 30.5 Å². The summed E-state index contributed by atoms with van der Waals surface area (Å²) in [5.74, 6) is -1.37. The van der Waals surface area contributed by atoms with Crippen LogP contribution in [0.3, 0.4) is 0 Å². The van der Waals surface area contributed by atoms with Gasteiger partial charge in [0.1, 0.15) is 0 Å². The highest BCUT2D eigenvalue weighted by molar-refractivity contribution is 7.89. The van der Waals surface area contributed by atoms with Crippen molar-refractivity contribution in [2.45, 2.75) is 17.9 Å². The SMILES string of the molecule is N=Cc1ccc(-c2cccc(S(=O)(=O)N3CCC(C(=O)O)CC3)n2)cc1. The first kappa shape index (κ1) is 18.2. The third-order valence-electron chi connectivity index (χ3n) is 4.50. The molecule has 0 atom stereocenters. The average Bonchev–Trinajstić information content (AvgIpc) is 2.68. The van der Waals surface area contributed by atoms with Crippen molar-refractivity contribution in [1.82, 2.24) is 9.29 Å². The Morgan fingerprint density at radius 3 is 2.38 bits per heavy atom. The van der Waals surface area contributed by atoms with E-state index >= 15 is 0 Å². The minimum atomic E-state index is -3.76. The van der Waals surface area contributed by atoms with Crippen LogP contribution in [0.5, 0.6) is 0 Å². The van der Waals surface area contributed by atoms with Crippen molar-refractivity contribution in [2.75, 3.05) is 13.1 Å². The minimum Gasteiger partial charge on any atom is -0.481 e. The molecule has 136 valence electrons. The number of carboxylic acid groups (broad SMARTS) is 1. The minimum absolute atomic E-state index is 0.0418. The van der Waals surface area contributed by atoms with Crippen molar-refractivity contribution in [3.63, 3.8) is 0 Å². The molecule has 0 aliphatic carbocycles. The summed E-state index contributed by atoms with van der Waals surface area (Å²) < 4.78 is 27.0. The Balaban J connectivity index is 1.84. The summed E-state index contributed by atoms with van der Waals surface area (Å²) in [5.41, 5.74) is 2.04. The van der Waals surface area contributed by atoms with E-state index in [-0.39, 0.29) is 18.1 Å². The predicted molar refractivity (Wildman–Crippen MR) is 96.7 cm³/mol. The van der Waals surface area contributed by atoms with E-state index in [1.165, 1.54) is 16.6 Å². The first-order chi connectivity index (χ1) is 12.4. The van der Waals surface area contributed by atoms with Crippen LogP contribution < -0.4 is 0 Å². The molecule has 3 rings (SSSR count). The molecule has 1 fully saturated rings. The molecule has 26 heavy (non-hydrogen) atoms. The molecule has 1 aliphatic heterocycles. The van der Waals surface area contributed by atoms with E-state index in [9.17, 15) is 13.2 Å². The Hall–Kier alpha value is -2.58. The van der Waals surface area contributed by atoms with Crippen molar-refractivity contribution in [3.05, 3.63) is 48.0 Å². The molecular weight excluding hydrogens is 354 g/mol. The first-order valence-corrected chi connectivity index (χ1v) is 9.67. The molecule has 0 saturated carbocycles. The molecule has 2 aromatic rings. The Labute approximate surface area is 151 Å². The van der Waals surface area contributed by atoms with Crippen LogP contribution in [0.1, 0.15) is 18.4 Å². The Morgan fingerprint density at radius 1 is 1.15 bits per heavy atom. The second-order valence-electron chi connectivity index (χ2n) is 6.14. The number of carboxylic acids is 1. The van der Waals surface area contributed by atoms with E-state index in [1.54, 1.807) is 36.4 Å². The molecule has 1 aromatic carbocycles. The molecule has 2 heterocycles. The van der Waals surface area contributed by atoms with Crippen LogP contribution >= 0.6 is 0 Å². The van der Waals surface area contributed by atoms with Crippen LogP contribution in [0.15, 0.2) is 47.5 Å². The number of hydrogen-bond acceptors (Lipinski definition) is 5. The number of piperidine rings is 1. The molecule has 7 nitrogen and oxygen atoms in total. The highest BCUT2D eigenvalue weighted by Gasteiger charge is 2.32. The molecule has 0 amide bonds. The van der Waals surface area contributed by atoms with Crippen LogP contribution in [0.2, 0.25) is 0 Å². The molecule has 8 heteroatoms. The van der Waals surface area contributed by atoms with E-state index in [2.05, 4.69) is 4.98 Å². The molecular formula is C18H19N3O4S. The number of rotatable bonds is 5. The third kappa shape index (κ3) is 3.66. The van der Waals surface area contributed by atoms with Gasteiger partial charge in [-0.15, -0.1) is 0 Å². The number of pyridine rings is 1. The van der Waals surface area contributed by atoms with Crippen molar-refractivity contribution < 1.29 is 18.3 Å². The van der Waals surface area contributed by atoms with Crippen LogP contribution in [-0.4, -0.2) is 48.1 Å². The fraction of sp³-hybridized carbons (Fsp3) is 0.278. The zero-order valence-electron chi connectivity index (χ0n) is 14.0. The lowest BCUT2D eigenvalue weighted by Crippen LogP contribution is -2.40. The summed E-state index contributed by atoms with van der Waals surface area (Å²) in [6.07, 6.45) is 1.84. The molecule has 0 bridgehead atoms. The van der Waals surface area contributed by atoms with Gasteiger partial charge in [-0.1, -0.05) is 30.3 Å². The van der Waals surface area contributed by atoms with Crippen molar-refractivity contribution in [1.29, 1.82) is 5.41 Å². The summed E-state index contributed by atoms with van der Waals surface area (Å²) in [7, 11) is -3.76. The molecule has 1 saturated heterocycles. The van der Waals surface area contributed by atoms with Gasteiger partial charge in [-0.2, -0.15) is 4.31 Å². The van der Waals surface area contributed by atoms with Crippen LogP contribution in [-0.2, 0) is 14.8 Å². The van der Waals surface area contributed by atoms with Gasteiger partial charge in [0.25, 0.3) is 10.0 Å². The molecule has 1 aliphatic rings. The topological polar surface area (TPSA) is 111 Å². The smallest absolute Gasteiger partial charge is 0.306 e. The largest absolute Gasteiger partial charge is 0.481 e. The Morgan fingerprint density at radius 2 is 1.81 bits per heavy atom. The van der Waals surface area contributed by atoms with E-state index in [1.807, 2.05) is 0 Å². The number of aromatic nitrogens is 1. The molecule has 0 unspecified atom stereocenters. The average molecular weight is 373 g/mol. The van der Waals surface area contributed by atoms with E-state index in [0.29, 0.717) is 18.5 Å². The Kier molecular flexibility index (Phi) is 5.15. The van der Waals surface area contributed by atoms with Crippen LogP contribution in [0.4, 0.5) is 0 Å². The number of hydrogen-bond donors (Lipinski definition) is 2. The fourth-order valence-corrected chi connectivity index (χ4v) is 4.37. The lowest BCUT2D eigenvalue weighted by Gasteiger charge is -2.28. The lowest BCUT2D eigenvalue weighted by atomic mass is 9.99. The van der Waals surface area contributed by atoms with Gasteiger partial charge in [-0.25, -0.2) is 13.4 Å². The zero-order chi connectivity index (χ0) is 18.7. The van der Waals surface area contributed by atoms with Gasteiger partial charge < -0.3 is 10.5 Å². The quantitative estimate of drug-likeness (QED) is 0.781. The molecule has 0 radical (unpaired) electrons. The summed E-state index contributed by atoms with van der Waals surface area (Å²) in [4.78, 5) is 15.3. The Bertz CT molecular complexity index is 918. The molecule has 1 aromatic heterocycles. The number of nitrogens with one attached hydrogen (secondary N) is 1. The lowest BCUT2D eigenvalue weighted by molar-refractivity contribution is -0.142. The first-order valence-electron chi connectivity index (χ1n) is 8.23. The highest BCUT2D eigenvalue weighted by atomic mass is 32.2. The van der Waals surface area contributed by atoms with Gasteiger partial charge in [0.05, 0.1) is 11.6 Å². The predicted octanol–water partition coefficient (Wildman–Crippen LogP) is 2.23. The number of sulfonamides is 1. The van der Waals surface area contributed by atoms with E-state index in [0.717, 1.165) is 11.1 Å². The standard InChI is InChI=1S/C18H19N3O4S/c19-12-13-4-6-14(7-5-13)16-2-1-3-17(20-16)26(24,25)21-10-8-15(9-11-21)18(22)23/h1-7,12,15,19H,8-11H2,(H,22,23). The van der Waals surface area contributed by atoms with Crippen LogP contribution in [0, 0.1) is 11.3 Å². The fourth-order valence-electron chi connectivity index (χ4n) is 2.94. The van der Waals surface area contributed by atoms with Crippen molar-refractivity contribution >= 4 is 22.2 Å². The highest BCUT2D eigenvalue weighted by Crippen LogP contribution is 2.25. The number of aliphatic carboxylic acids is 1. The maximum absolute atomic E-state index is 12.8. The van der Waals surface area contributed by atoms with Crippen molar-refractivity contribution in [3.8, 4) is 11.3 Å². The number of carbonyl (C=O) groups is 1. The van der Waals surface area contributed by atoms with Gasteiger partial charge in [0, 0.05) is 24.9 Å². The maximum atomic E-state index is 12.8. The second kappa shape index (κ2) is 7.35. The van der Waals surface area contributed by atoms with Gasteiger partial charge in [0.15, 0.2) is 5.03 Å².